The van der Waals surface area contributed by atoms with Gasteiger partial charge in [-0.15, -0.1) is 22.9 Å². The van der Waals surface area contributed by atoms with E-state index < -0.39 is 0 Å². The third-order valence-electron chi connectivity index (χ3n) is 2.91. The molecule has 0 saturated heterocycles. The van der Waals surface area contributed by atoms with Crippen LogP contribution in [0.15, 0.2) is 53.0 Å². The summed E-state index contributed by atoms with van der Waals surface area (Å²) in [4.78, 5) is 1.03. The Morgan fingerprint density at radius 1 is 1.05 bits per heavy atom. The van der Waals surface area contributed by atoms with Crippen LogP contribution in [0.25, 0.3) is 10.1 Å². The number of hydrogen-bond acceptors (Lipinski definition) is 1. The minimum Gasteiger partial charge on any atom is -0.207 e. The average Bonchev–Trinajstić information content (AvgIpc) is 2.81. The third-order valence-corrected chi connectivity index (χ3v) is 5.22. The lowest BCUT2D eigenvalue weighted by molar-refractivity contribution is 0.630. The lowest BCUT2D eigenvalue weighted by Crippen LogP contribution is -1.88. The molecule has 0 bridgehead atoms. The highest BCUT2D eigenvalue weighted by atomic mass is 79.9. The molecule has 2 aromatic carbocycles. The zero-order valence-electron chi connectivity index (χ0n) is 9.74. The maximum atomic E-state index is 13.2. The minimum absolute atomic E-state index is 0.200. The molecule has 0 aliphatic carbocycles. The molecule has 3 rings (SSSR count). The average molecular weight is 356 g/mol. The molecule has 96 valence electrons. The number of thiophene rings is 1. The fourth-order valence-corrected chi connectivity index (χ4v) is 3.65. The molecule has 1 atom stereocenters. The van der Waals surface area contributed by atoms with Gasteiger partial charge in [0.05, 0.1) is 5.38 Å². The fraction of sp³-hybridized carbons (Fsp3) is 0.0667. The van der Waals surface area contributed by atoms with Crippen LogP contribution in [-0.4, -0.2) is 0 Å². The van der Waals surface area contributed by atoms with E-state index in [0.717, 1.165) is 25.0 Å². The van der Waals surface area contributed by atoms with Gasteiger partial charge in [-0.25, -0.2) is 4.39 Å². The number of hydrogen-bond donors (Lipinski definition) is 0. The number of rotatable bonds is 2. The first kappa shape index (κ1) is 13.1. The third kappa shape index (κ3) is 2.69. The van der Waals surface area contributed by atoms with Crippen molar-refractivity contribution in [2.75, 3.05) is 0 Å². The summed E-state index contributed by atoms with van der Waals surface area (Å²) in [6.07, 6.45) is 0. The van der Waals surface area contributed by atoms with E-state index in [4.69, 9.17) is 11.6 Å². The Bertz CT molecular complexity index is 721. The molecule has 0 amide bonds. The molecule has 0 spiro atoms. The normalized spacial score (nSPS) is 12.8. The minimum atomic E-state index is -0.212. The van der Waals surface area contributed by atoms with E-state index in [1.54, 1.807) is 12.1 Å². The van der Waals surface area contributed by atoms with Crippen molar-refractivity contribution in [2.45, 2.75) is 5.38 Å². The van der Waals surface area contributed by atoms with Gasteiger partial charge in [-0.3, -0.25) is 0 Å². The van der Waals surface area contributed by atoms with Crippen molar-refractivity contribution in [1.29, 1.82) is 0 Å². The van der Waals surface area contributed by atoms with Crippen molar-refractivity contribution in [3.63, 3.8) is 0 Å². The number of fused-ring (bicyclic) bond motifs is 1. The molecule has 1 heterocycles. The fourth-order valence-electron chi connectivity index (χ4n) is 1.95. The van der Waals surface area contributed by atoms with Crippen LogP contribution in [0.5, 0.6) is 0 Å². The maximum Gasteiger partial charge on any atom is 0.124 e. The monoisotopic (exact) mass is 354 g/mol. The zero-order chi connectivity index (χ0) is 13.4. The molecule has 0 radical (unpaired) electrons. The van der Waals surface area contributed by atoms with Crippen LogP contribution in [0.1, 0.15) is 15.8 Å². The van der Waals surface area contributed by atoms with Crippen molar-refractivity contribution in [3.05, 3.63) is 69.3 Å². The number of benzene rings is 2. The molecule has 0 aliphatic heterocycles. The number of alkyl halides is 1. The Morgan fingerprint density at radius 3 is 2.53 bits per heavy atom. The molecule has 0 nitrogen and oxygen atoms in total. The first-order valence-corrected chi connectivity index (χ1v) is 7.76. The van der Waals surface area contributed by atoms with E-state index in [-0.39, 0.29) is 11.2 Å². The van der Waals surface area contributed by atoms with E-state index in [9.17, 15) is 4.39 Å². The van der Waals surface area contributed by atoms with Crippen LogP contribution in [0.3, 0.4) is 0 Å². The summed E-state index contributed by atoms with van der Waals surface area (Å²) >= 11 is 11.4. The summed E-state index contributed by atoms with van der Waals surface area (Å²) in [5.41, 5.74) is 1.04. The first-order chi connectivity index (χ1) is 9.13. The first-order valence-electron chi connectivity index (χ1n) is 5.72. The largest absolute Gasteiger partial charge is 0.207 e. The Hall–Kier alpha value is -0.900. The molecule has 3 aromatic rings. The SMILES string of the molecule is Fc1ccc2cc(C(Cl)c3ccc(Br)cc3)sc2c1. The zero-order valence-corrected chi connectivity index (χ0v) is 12.9. The number of halogens is 3. The van der Waals surface area contributed by atoms with Crippen LogP contribution >= 0.6 is 38.9 Å². The lowest BCUT2D eigenvalue weighted by Gasteiger charge is -2.07. The van der Waals surface area contributed by atoms with Crippen LogP contribution in [0.4, 0.5) is 4.39 Å². The van der Waals surface area contributed by atoms with Gasteiger partial charge in [-0.2, -0.15) is 0 Å². The van der Waals surface area contributed by atoms with Gasteiger partial charge in [0.2, 0.25) is 0 Å². The Balaban J connectivity index is 2.01. The van der Waals surface area contributed by atoms with Gasteiger partial charge in [-0.05, 0) is 41.3 Å². The van der Waals surface area contributed by atoms with Gasteiger partial charge in [0, 0.05) is 14.0 Å². The molecule has 19 heavy (non-hydrogen) atoms. The van der Waals surface area contributed by atoms with Crippen molar-refractivity contribution < 1.29 is 4.39 Å². The van der Waals surface area contributed by atoms with Gasteiger partial charge < -0.3 is 0 Å². The summed E-state index contributed by atoms with van der Waals surface area (Å²) in [6, 6.07) is 14.8. The topological polar surface area (TPSA) is 0 Å². The predicted molar refractivity (Wildman–Crippen MR) is 83.6 cm³/mol. The van der Waals surface area contributed by atoms with Crippen molar-refractivity contribution in [1.82, 2.24) is 0 Å². The maximum absolute atomic E-state index is 13.2. The summed E-state index contributed by atoms with van der Waals surface area (Å²) in [6.45, 7) is 0. The highest BCUT2D eigenvalue weighted by molar-refractivity contribution is 9.10. The smallest absolute Gasteiger partial charge is 0.124 e. The van der Waals surface area contributed by atoms with Crippen molar-refractivity contribution in [2.24, 2.45) is 0 Å². The van der Waals surface area contributed by atoms with E-state index >= 15 is 0 Å². The van der Waals surface area contributed by atoms with E-state index in [1.165, 1.54) is 17.4 Å². The molecular formula is C15H9BrClFS. The molecule has 0 saturated carbocycles. The Labute approximate surface area is 128 Å². The van der Waals surface area contributed by atoms with Gasteiger partial charge in [0.25, 0.3) is 0 Å². The molecule has 0 fully saturated rings. The van der Waals surface area contributed by atoms with E-state index in [0.29, 0.717) is 0 Å². The second-order valence-corrected chi connectivity index (χ2v) is 6.71. The summed E-state index contributed by atoms with van der Waals surface area (Å²) in [7, 11) is 0. The highest BCUT2D eigenvalue weighted by Crippen LogP contribution is 2.37. The quantitative estimate of drug-likeness (QED) is 0.485. The lowest BCUT2D eigenvalue weighted by atomic mass is 10.1. The molecule has 4 heteroatoms. The van der Waals surface area contributed by atoms with Crippen LogP contribution in [0, 0.1) is 5.82 Å². The van der Waals surface area contributed by atoms with Crippen molar-refractivity contribution in [3.8, 4) is 0 Å². The van der Waals surface area contributed by atoms with Gasteiger partial charge >= 0.3 is 0 Å². The standard InChI is InChI=1S/C15H9BrClFS/c16-11-4-1-9(2-5-11)15(17)14-7-10-3-6-12(18)8-13(10)19-14/h1-8,15H. The van der Waals surface area contributed by atoms with Crippen LogP contribution in [0.2, 0.25) is 0 Å². The second-order valence-electron chi connectivity index (χ2n) is 4.25. The van der Waals surface area contributed by atoms with Gasteiger partial charge in [0.1, 0.15) is 5.82 Å². The van der Waals surface area contributed by atoms with Crippen molar-refractivity contribution >= 4 is 49.0 Å². The molecule has 0 aliphatic rings. The molecule has 0 N–H and O–H groups in total. The Kier molecular flexibility index (Phi) is 3.61. The van der Waals surface area contributed by atoms with Crippen LogP contribution in [-0.2, 0) is 0 Å². The van der Waals surface area contributed by atoms with Crippen LogP contribution < -0.4 is 0 Å². The molecule has 1 aromatic heterocycles. The highest BCUT2D eigenvalue weighted by Gasteiger charge is 2.14. The summed E-state index contributed by atoms with van der Waals surface area (Å²) in [5.74, 6) is -0.212. The summed E-state index contributed by atoms with van der Waals surface area (Å²) < 4.78 is 15.1. The van der Waals surface area contributed by atoms with E-state index in [1.807, 2.05) is 30.3 Å². The summed E-state index contributed by atoms with van der Waals surface area (Å²) in [5, 5.41) is 0.831. The molecular weight excluding hydrogens is 347 g/mol. The molecule has 1 unspecified atom stereocenters. The van der Waals surface area contributed by atoms with E-state index in [2.05, 4.69) is 15.9 Å². The predicted octanol–water partition coefficient (Wildman–Crippen LogP) is 6.13. The van der Waals surface area contributed by atoms with Gasteiger partial charge in [0.15, 0.2) is 0 Å². The van der Waals surface area contributed by atoms with Gasteiger partial charge in [-0.1, -0.05) is 34.1 Å². The Morgan fingerprint density at radius 2 is 1.79 bits per heavy atom. The second kappa shape index (κ2) is 5.23.